The quantitative estimate of drug-likeness (QED) is 0.759. The lowest BCUT2D eigenvalue weighted by Crippen LogP contribution is -2.30. The van der Waals surface area contributed by atoms with E-state index in [1.54, 1.807) is 11.3 Å². The van der Waals surface area contributed by atoms with Crippen molar-refractivity contribution in [1.82, 2.24) is 4.98 Å². The number of aryl methyl sites for hydroxylation is 1. The van der Waals surface area contributed by atoms with Crippen molar-refractivity contribution >= 4 is 11.3 Å². The number of hydrogen-bond acceptors (Lipinski definition) is 3. The van der Waals surface area contributed by atoms with Gasteiger partial charge in [0.15, 0.2) is 0 Å². The first kappa shape index (κ1) is 9.87. The van der Waals surface area contributed by atoms with E-state index < -0.39 is 5.60 Å². The Morgan fingerprint density at radius 3 is 3.07 bits per heavy atom. The SMILES string of the molecule is Cc1nc(CC2(O)C=CCCC2)cs1. The Morgan fingerprint density at radius 2 is 2.50 bits per heavy atom. The number of allylic oxidation sites excluding steroid dienone is 1. The highest BCUT2D eigenvalue weighted by Gasteiger charge is 2.26. The molecule has 1 unspecified atom stereocenters. The number of rotatable bonds is 2. The van der Waals surface area contributed by atoms with Crippen molar-refractivity contribution in [1.29, 1.82) is 0 Å². The molecule has 0 aliphatic heterocycles. The molecule has 0 amide bonds. The second-order valence-electron chi connectivity index (χ2n) is 3.93. The highest BCUT2D eigenvalue weighted by molar-refractivity contribution is 7.09. The van der Waals surface area contributed by atoms with Gasteiger partial charge >= 0.3 is 0 Å². The number of nitrogens with zero attached hydrogens (tertiary/aromatic N) is 1. The van der Waals surface area contributed by atoms with Crippen LogP contribution in [0.4, 0.5) is 0 Å². The van der Waals surface area contributed by atoms with Gasteiger partial charge < -0.3 is 5.11 Å². The van der Waals surface area contributed by atoms with Gasteiger partial charge in [0, 0.05) is 11.8 Å². The van der Waals surface area contributed by atoms with E-state index in [0.717, 1.165) is 30.0 Å². The second kappa shape index (κ2) is 3.83. The third-order valence-electron chi connectivity index (χ3n) is 2.56. The van der Waals surface area contributed by atoms with Gasteiger partial charge in [0.05, 0.1) is 16.3 Å². The summed E-state index contributed by atoms with van der Waals surface area (Å²) in [6.07, 6.45) is 7.70. The highest BCUT2D eigenvalue weighted by Crippen LogP contribution is 2.26. The van der Waals surface area contributed by atoms with Gasteiger partial charge in [-0.05, 0) is 26.2 Å². The van der Waals surface area contributed by atoms with Crippen molar-refractivity contribution in [2.45, 2.75) is 38.2 Å². The molecular formula is C11H15NOS. The Hall–Kier alpha value is -0.670. The lowest BCUT2D eigenvalue weighted by atomic mass is 9.87. The summed E-state index contributed by atoms with van der Waals surface area (Å²) in [5, 5.41) is 13.3. The Balaban J connectivity index is 2.09. The maximum atomic E-state index is 10.2. The van der Waals surface area contributed by atoms with Crippen LogP contribution in [0, 0.1) is 6.92 Å². The zero-order valence-electron chi connectivity index (χ0n) is 8.36. The van der Waals surface area contributed by atoms with Gasteiger partial charge in [-0.3, -0.25) is 0 Å². The highest BCUT2D eigenvalue weighted by atomic mass is 32.1. The van der Waals surface area contributed by atoms with Crippen LogP contribution in [0.5, 0.6) is 0 Å². The molecule has 2 rings (SSSR count). The summed E-state index contributed by atoms with van der Waals surface area (Å²) in [5.74, 6) is 0. The molecule has 0 fully saturated rings. The lowest BCUT2D eigenvalue weighted by molar-refractivity contribution is 0.0742. The molecule has 76 valence electrons. The molecule has 0 spiro atoms. The monoisotopic (exact) mass is 209 g/mol. The molecule has 1 aliphatic rings. The zero-order valence-corrected chi connectivity index (χ0v) is 9.18. The summed E-state index contributed by atoms with van der Waals surface area (Å²) in [6.45, 7) is 1.99. The average Bonchev–Trinajstić information content (AvgIpc) is 2.51. The fraction of sp³-hybridized carbons (Fsp3) is 0.545. The standard InChI is InChI=1S/C11H15NOS/c1-9-12-10(8-14-9)7-11(13)5-3-2-4-6-11/h3,5,8,13H,2,4,6-7H2,1H3. The molecule has 0 radical (unpaired) electrons. The van der Waals surface area contributed by atoms with E-state index in [0.29, 0.717) is 6.42 Å². The molecular weight excluding hydrogens is 194 g/mol. The van der Waals surface area contributed by atoms with Crippen LogP contribution in [0.2, 0.25) is 0 Å². The topological polar surface area (TPSA) is 33.1 Å². The summed E-state index contributed by atoms with van der Waals surface area (Å²) < 4.78 is 0. The Bertz CT molecular complexity index is 345. The fourth-order valence-corrected chi connectivity index (χ4v) is 2.48. The van der Waals surface area contributed by atoms with Crippen LogP contribution in [0.3, 0.4) is 0 Å². The number of hydrogen-bond donors (Lipinski definition) is 1. The van der Waals surface area contributed by atoms with E-state index in [4.69, 9.17) is 0 Å². The van der Waals surface area contributed by atoms with Gasteiger partial charge in [-0.15, -0.1) is 11.3 Å². The van der Waals surface area contributed by atoms with Crippen molar-refractivity contribution in [2.75, 3.05) is 0 Å². The molecule has 1 aromatic rings. The van der Waals surface area contributed by atoms with Gasteiger partial charge in [-0.2, -0.15) is 0 Å². The van der Waals surface area contributed by atoms with Gasteiger partial charge in [0.1, 0.15) is 0 Å². The third-order valence-corrected chi connectivity index (χ3v) is 3.38. The largest absolute Gasteiger partial charge is 0.385 e. The van der Waals surface area contributed by atoms with Crippen LogP contribution in [0.15, 0.2) is 17.5 Å². The number of aromatic nitrogens is 1. The maximum absolute atomic E-state index is 10.2. The normalized spacial score (nSPS) is 26.7. The molecule has 1 heterocycles. The smallest absolute Gasteiger partial charge is 0.0897 e. The van der Waals surface area contributed by atoms with Crippen molar-refractivity contribution in [3.05, 3.63) is 28.2 Å². The molecule has 2 nitrogen and oxygen atoms in total. The van der Waals surface area contributed by atoms with Gasteiger partial charge in [0.2, 0.25) is 0 Å². The third kappa shape index (κ3) is 2.22. The van der Waals surface area contributed by atoms with Crippen molar-refractivity contribution in [3.8, 4) is 0 Å². The molecule has 3 heteroatoms. The van der Waals surface area contributed by atoms with E-state index in [1.807, 2.05) is 18.4 Å². The predicted octanol–water partition coefficient (Wildman–Crippen LogP) is 2.47. The zero-order chi connectivity index (χ0) is 10.0. The summed E-state index contributed by atoms with van der Waals surface area (Å²) in [4.78, 5) is 4.37. The first-order valence-electron chi connectivity index (χ1n) is 4.99. The van der Waals surface area contributed by atoms with E-state index in [2.05, 4.69) is 11.1 Å². The Labute approximate surface area is 88.3 Å². The molecule has 14 heavy (non-hydrogen) atoms. The molecule has 1 aromatic heterocycles. The summed E-state index contributed by atoms with van der Waals surface area (Å²) in [7, 11) is 0. The minimum atomic E-state index is -0.640. The summed E-state index contributed by atoms with van der Waals surface area (Å²) in [6, 6.07) is 0. The van der Waals surface area contributed by atoms with Gasteiger partial charge in [-0.1, -0.05) is 12.2 Å². The molecule has 1 N–H and O–H groups in total. The molecule has 1 aliphatic carbocycles. The van der Waals surface area contributed by atoms with Crippen LogP contribution in [-0.2, 0) is 6.42 Å². The van der Waals surface area contributed by atoms with E-state index in [1.165, 1.54) is 0 Å². The summed E-state index contributed by atoms with van der Waals surface area (Å²) in [5.41, 5.74) is 0.375. The van der Waals surface area contributed by atoms with Crippen LogP contribution in [0.1, 0.15) is 30.0 Å². The van der Waals surface area contributed by atoms with Crippen LogP contribution in [0.25, 0.3) is 0 Å². The molecule has 0 bridgehead atoms. The minimum Gasteiger partial charge on any atom is -0.385 e. The Morgan fingerprint density at radius 1 is 1.64 bits per heavy atom. The maximum Gasteiger partial charge on any atom is 0.0897 e. The van der Waals surface area contributed by atoms with Crippen LogP contribution >= 0.6 is 11.3 Å². The molecule has 0 saturated heterocycles. The first-order chi connectivity index (χ1) is 6.68. The van der Waals surface area contributed by atoms with Gasteiger partial charge in [-0.25, -0.2) is 4.98 Å². The minimum absolute atomic E-state index is 0.640. The van der Waals surface area contributed by atoms with Crippen molar-refractivity contribution < 1.29 is 5.11 Å². The van der Waals surface area contributed by atoms with Crippen molar-refractivity contribution in [3.63, 3.8) is 0 Å². The molecule has 1 atom stereocenters. The summed E-state index contributed by atoms with van der Waals surface area (Å²) >= 11 is 1.65. The second-order valence-corrected chi connectivity index (χ2v) is 5.00. The molecule has 0 saturated carbocycles. The van der Waals surface area contributed by atoms with E-state index >= 15 is 0 Å². The van der Waals surface area contributed by atoms with Crippen LogP contribution in [-0.4, -0.2) is 15.7 Å². The predicted molar refractivity (Wildman–Crippen MR) is 58.5 cm³/mol. The van der Waals surface area contributed by atoms with Crippen LogP contribution < -0.4 is 0 Å². The Kier molecular flexibility index (Phi) is 2.70. The number of thiazole rings is 1. The number of aliphatic hydroxyl groups is 1. The van der Waals surface area contributed by atoms with E-state index in [9.17, 15) is 5.11 Å². The average molecular weight is 209 g/mol. The van der Waals surface area contributed by atoms with Crippen molar-refractivity contribution in [2.24, 2.45) is 0 Å². The first-order valence-corrected chi connectivity index (χ1v) is 5.87. The van der Waals surface area contributed by atoms with Gasteiger partial charge in [0.25, 0.3) is 0 Å². The van der Waals surface area contributed by atoms with E-state index in [-0.39, 0.29) is 0 Å². The molecule has 0 aromatic carbocycles. The fourth-order valence-electron chi connectivity index (χ4n) is 1.86. The lowest BCUT2D eigenvalue weighted by Gasteiger charge is -2.26.